The van der Waals surface area contributed by atoms with Crippen LogP contribution in [0, 0.1) is 5.92 Å². The fourth-order valence-electron chi connectivity index (χ4n) is 2.41. The fraction of sp³-hybridized carbons (Fsp3) is 0.529. The van der Waals surface area contributed by atoms with E-state index in [1.807, 2.05) is 36.9 Å². The molecule has 2 N–H and O–H groups in total. The van der Waals surface area contributed by atoms with E-state index in [0.717, 1.165) is 41.1 Å². The van der Waals surface area contributed by atoms with E-state index in [1.165, 1.54) is 0 Å². The van der Waals surface area contributed by atoms with E-state index < -0.39 is 5.91 Å². The molecule has 1 saturated heterocycles. The highest BCUT2D eigenvalue weighted by Crippen LogP contribution is 2.29. The van der Waals surface area contributed by atoms with E-state index in [1.54, 1.807) is 18.7 Å². The van der Waals surface area contributed by atoms with Crippen LogP contribution in [-0.2, 0) is 4.79 Å². The summed E-state index contributed by atoms with van der Waals surface area (Å²) in [5.74, 6) is 1.37. The van der Waals surface area contributed by atoms with Gasteiger partial charge in [0.1, 0.15) is 0 Å². The number of benzene rings is 1. The van der Waals surface area contributed by atoms with Crippen LogP contribution in [0.25, 0.3) is 0 Å². The van der Waals surface area contributed by atoms with Crippen molar-refractivity contribution in [3.05, 3.63) is 28.2 Å². The van der Waals surface area contributed by atoms with E-state index in [9.17, 15) is 9.59 Å². The number of carbonyl (C=O) groups is 2. The molecule has 0 atom stereocenters. The molecule has 23 heavy (non-hydrogen) atoms. The Hall–Kier alpha value is -1.01. The molecule has 6 heteroatoms. The molecule has 128 valence electrons. The molecule has 4 nitrogen and oxygen atoms in total. The van der Waals surface area contributed by atoms with E-state index in [2.05, 4.69) is 15.9 Å². The predicted octanol–water partition coefficient (Wildman–Crippen LogP) is 3.92. The Kier molecular flexibility index (Phi) is 8.69. The summed E-state index contributed by atoms with van der Waals surface area (Å²) in [7, 11) is 0. The Bertz CT molecular complexity index is 543. The monoisotopic (exact) mass is 400 g/mol. The van der Waals surface area contributed by atoms with Crippen molar-refractivity contribution in [1.29, 1.82) is 0 Å². The second-order valence-corrected chi connectivity index (χ2v) is 7.21. The number of rotatable bonds is 4. The Morgan fingerprint density at radius 3 is 2.43 bits per heavy atom. The molecular formula is C17H25BrN2O2S. The lowest BCUT2D eigenvalue weighted by Gasteiger charge is -2.31. The number of hydrogen-bond donors (Lipinski definition) is 1. The number of carbonyl (C=O) groups excluding carboxylic acids is 2. The molecule has 1 aliphatic heterocycles. The molecule has 0 saturated carbocycles. The highest BCUT2D eigenvalue weighted by molar-refractivity contribution is 9.10. The summed E-state index contributed by atoms with van der Waals surface area (Å²) in [4.78, 5) is 25.6. The van der Waals surface area contributed by atoms with Crippen LogP contribution in [-0.4, -0.2) is 35.6 Å². The van der Waals surface area contributed by atoms with Crippen molar-refractivity contribution in [2.45, 2.75) is 38.5 Å². The largest absolute Gasteiger partial charge is 0.366 e. The molecule has 2 amide bonds. The van der Waals surface area contributed by atoms with Gasteiger partial charge in [-0.05, 0) is 52.9 Å². The quantitative estimate of drug-likeness (QED) is 0.778. The van der Waals surface area contributed by atoms with Crippen LogP contribution in [0.2, 0.25) is 0 Å². The molecule has 1 heterocycles. The first-order valence-electron chi connectivity index (χ1n) is 7.95. The number of likely N-dealkylation sites (tertiary alicyclic amines) is 1. The molecule has 1 fully saturated rings. The third-order valence-corrected chi connectivity index (χ3v) is 5.67. The van der Waals surface area contributed by atoms with Gasteiger partial charge in [0.2, 0.25) is 11.8 Å². The number of halogens is 1. The molecule has 0 aliphatic carbocycles. The molecule has 0 radical (unpaired) electrons. The average molecular weight is 401 g/mol. The van der Waals surface area contributed by atoms with Crippen molar-refractivity contribution < 1.29 is 9.59 Å². The van der Waals surface area contributed by atoms with Crippen LogP contribution in [0.3, 0.4) is 0 Å². The number of nitrogens with zero attached hydrogens (tertiary/aromatic N) is 1. The topological polar surface area (TPSA) is 63.4 Å². The first kappa shape index (κ1) is 20.0. The Balaban J connectivity index is 0.00000127. The maximum atomic E-state index is 11.3. The highest BCUT2D eigenvalue weighted by Gasteiger charge is 2.20. The van der Waals surface area contributed by atoms with Gasteiger partial charge in [-0.1, -0.05) is 13.8 Å². The zero-order valence-electron chi connectivity index (χ0n) is 14.0. The molecule has 0 aromatic heterocycles. The summed E-state index contributed by atoms with van der Waals surface area (Å²) < 4.78 is 0.731. The van der Waals surface area contributed by atoms with Gasteiger partial charge in [0, 0.05) is 35.1 Å². The second kappa shape index (κ2) is 9.98. The fourth-order valence-corrected chi connectivity index (χ4v) is 3.98. The lowest BCUT2D eigenvalue weighted by Crippen LogP contribution is -2.37. The molecule has 1 aromatic rings. The van der Waals surface area contributed by atoms with Gasteiger partial charge in [0.05, 0.1) is 5.56 Å². The highest BCUT2D eigenvalue weighted by atomic mass is 79.9. The van der Waals surface area contributed by atoms with Gasteiger partial charge in [-0.3, -0.25) is 9.59 Å². The Morgan fingerprint density at radius 1 is 1.30 bits per heavy atom. The number of amides is 2. The smallest absolute Gasteiger partial charge is 0.249 e. The maximum Gasteiger partial charge on any atom is 0.249 e. The van der Waals surface area contributed by atoms with Gasteiger partial charge in [-0.2, -0.15) is 0 Å². The molecule has 0 spiro atoms. The summed E-state index contributed by atoms with van der Waals surface area (Å²) >= 11 is 5.08. The minimum Gasteiger partial charge on any atom is -0.366 e. The second-order valence-electron chi connectivity index (χ2n) is 5.27. The molecular weight excluding hydrogens is 376 g/mol. The van der Waals surface area contributed by atoms with Gasteiger partial charge in [0.25, 0.3) is 0 Å². The zero-order chi connectivity index (χ0) is 17.4. The van der Waals surface area contributed by atoms with E-state index >= 15 is 0 Å². The van der Waals surface area contributed by atoms with Gasteiger partial charge >= 0.3 is 0 Å². The molecule has 0 bridgehead atoms. The first-order chi connectivity index (χ1) is 11.0. The SMILES string of the molecule is CC.CC(=O)N1CCC(CSc2ccc(Br)c(C(N)=O)c2)CC1. The normalized spacial score (nSPS) is 14.9. The maximum absolute atomic E-state index is 11.3. The molecule has 2 rings (SSSR count). The Morgan fingerprint density at radius 2 is 1.91 bits per heavy atom. The molecule has 0 unspecified atom stereocenters. The number of nitrogens with two attached hydrogens (primary N) is 1. The van der Waals surface area contributed by atoms with Crippen LogP contribution in [0.15, 0.2) is 27.6 Å². The minimum atomic E-state index is -0.418. The van der Waals surface area contributed by atoms with Crippen LogP contribution in [0.5, 0.6) is 0 Å². The van der Waals surface area contributed by atoms with E-state index in [0.29, 0.717) is 11.5 Å². The summed E-state index contributed by atoms with van der Waals surface area (Å²) in [6.45, 7) is 7.34. The summed E-state index contributed by atoms with van der Waals surface area (Å²) in [6, 6.07) is 5.69. The standard InChI is InChI=1S/C15H19BrN2O2S.C2H6/c1-10(19)18-6-4-11(5-7-18)9-21-12-2-3-14(16)13(8-12)15(17)20;1-2/h2-3,8,11H,4-7,9H2,1H3,(H2,17,20);1-2H3. The summed E-state index contributed by atoms with van der Waals surface area (Å²) in [6.07, 6.45) is 2.09. The van der Waals surface area contributed by atoms with Crippen molar-refractivity contribution in [2.24, 2.45) is 11.7 Å². The number of hydrogen-bond acceptors (Lipinski definition) is 3. The number of thioether (sulfide) groups is 1. The van der Waals surface area contributed by atoms with E-state index in [4.69, 9.17) is 5.73 Å². The lowest BCUT2D eigenvalue weighted by atomic mass is 9.99. The van der Waals surface area contributed by atoms with Crippen molar-refractivity contribution >= 4 is 39.5 Å². The van der Waals surface area contributed by atoms with Gasteiger partial charge in [-0.15, -0.1) is 11.8 Å². The number of primary amides is 1. The van der Waals surface area contributed by atoms with Crippen LogP contribution in [0.4, 0.5) is 0 Å². The van der Waals surface area contributed by atoms with Gasteiger partial charge < -0.3 is 10.6 Å². The summed E-state index contributed by atoms with van der Waals surface area (Å²) in [5, 5.41) is 0. The van der Waals surface area contributed by atoms with Gasteiger partial charge in [-0.25, -0.2) is 0 Å². The Labute approximate surface area is 151 Å². The van der Waals surface area contributed by atoms with E-state index in [-0.39, 0.29) is 5.91 Å². The van der Waals surface area contributed by atoms with Crippen molar-refractivity contribution in [1.82, 2.24) is 4.90 Å². The van der Waals surface area contributed by atoms with Crippen molar-refractivity contribution in [3.8, 4) is 0 Å². The summed E-state index contributed by atoms with van der Waals surface area (Å²) in [5.41, 5.74) is 5.87. The van der Waals surface area contributed by atoms with Crippen molar-refractivity contribution in [3.63, 3.8) is 0 Å². The molecule has 1 aromatic carbocycles. The average Bonchev–Trinajstić information content (AvgIpc) is 2.56. The first-order valence-corrected chi connectivity index (χ1v) is 9.73. The van der Waals surface area contributed by atoms with Crippen molar-refractivity contribution in [2.75, 3.05) is 18.8 Å². The van der Waals surface area contributed by atoms with Crippen LogP contribution in [0.1, 0.15) is 44.0 Å². The minimum absolute atomic E-state index is 0.167. The van der Waals surface area contributed by atoms with Gasteiger partial charge in [0.15, 0.2) is 0 Å². The lowest BCUT2D eigenvalue weighted by molar-refractivity contribution is -0.130. The third-order valence-electron chi connectivity index (χ3n) is 3.75. The van der Waals surface area contributed by atoms with Crippen LogP contribution < -0.4 is 5.73 Å². The third kappa shape index (κ3) is 6.18. The number of piperidine rings is 1. The zero-order valence-corrected chi connectivity index (χ0v) is 16.4. The van der Waals surface area contributed by atoms with Crippen LogP contribution >= 0.6 is 27.7 Å². The predicted molar refractivity (Wildman–Crippen MR) is 99.7 cm³/mol. The molecule has 1 aliphatic rings.